The zero-order valence-corrected chi connectivity index (χ0v) is 8.97. The first-order valence-corrected chi connectivity index (χ1v) is 5.20. The van der Waals surface area contributed by atoms with E-state index in [1.807, 2.05) is 0 Å². The topological polar surface area (TPSA) is 150 Å². The second-order valence-electron chi connectivity index (χ2n) is 4.12. The van der Waals surface area contributed by atoms with Gasteiger partial charge in [0.2, 0.25) is 0 Å². The molecule has 0 aromatic rings. The van der Waals surface area contributed by atoms with E-state index in [9.17, 15) is 20.1 Å². The van der Waals surface area contributed by atoms with Crippen molar-refractivity contribution in [2.24, 2.45) is 0 Å². The highest BCUT2D eigenvalue weighted by atomic mass is 16.4. The van der Waals surface area contributed by atoms with Crippen LogP contribution in [-0.4, -0.2) is 79.7 Å². The van der Waals surface area contributed by atoms with Crippen molar-refractivity contribution in [3.63, 3.8) is 0 Å². The molecule has 8 heteroatoms. The van der Waals surface area contributed by atoms with Gasteiger partial charge in [-0.05, 0) is 0 Å². The van der Waals surface area contributed by atoms with Crippen LogP contribution in [-0.2, 0) is 4.79 Å². The second-order valence-corrected chi connectivity index (χ2v) is 4.12. The lowest BCUT2D eigenvalue weighted by Gasteiger charge is -2.28. The van der Waals surface area contributed by atoms with Crippen molar-refractivity contribution in [1.82, 2.24) is 5.32 Å². The predicted molar refractivity (Wildman–Crippen MR) is 54.1 cm³/mol. The van der Waals surface area contributed by atoms with Crippen molar-refractivity contribution >= 4 is 5.97 Å². The van der Waals surface area contributed by atoms with Crippen LogP contribution in [0.15, 0.2) is 0 Å². The fourth-order valence-corrected chi connectivity index (χ4v) is 1.85. The Morgan fingerprint density at radius 1 is 1.35 bits per heavy atom. The van der Waals surface area contributed by atoms with Crippen LogP contribution in [0.5, 0.6) is 0 Å². The molecule has 0 bridgehead atoms. The molecular formula is C9H17NO7. The molecule has 1 fully saturated rings. The second kappa shape index (κ2) is 5.71. The van der Waals surface area contributed by atoms with E-state index in [2.05, 4.69) is 5.32 Å². The lowest BCUT2D eigenvalue weighted by molar-refractivity contribution is -0.139. The summed E-state index contributed by atoms with van der Waals surface area (Å²) in [6.07, 6.45) is -6.04. The van der Waals surface area contributed by atoms with E-state index in [0.717, 1.165) is 0 Å². The third-order valence-corrected chi connectivity index (χ3v) is 2.88. The molecule has 0 spiro atoms. The quantitative estimate of drug-likeness (QED) is 0.263. The Morgan fingerprint density at radius 2 is 1.94 bits per heavy atom. The van der Waals surface area contributed by atoms with Gasteiger partial charge in [-0.2, -0.15) is 0 Å². The van der Waals surface area contributed by atoms with Gasteiger partial charge in [0, 0.05) is 6.42 Å². The van der Waals surface area contributed by atoms with E-state index in [1.165, 1.54) is 0 Å². The Morgan fingerprint density at radius 3 is 2.35 bits per heavy atom. The van der Waals surface area contributed by atoms with Gasteiger partial charge in [0.25, 0.3) is 0 Å². The van der Waals surface area contributed by atoms with Gasteiger partial charge in [0.15, 0.2) is 0 Å². The van der Waals surface area contributed by atoms with Crippen molar-refractivity contribution in [3.05, 3.63) is 0 Å². The van der Waals surface area contributed by atoms with E-state index in [-0.39, 0.29) is 6.42 Å². The van der Waals surface area contributed by atoms with Gasteiger partial charge in [-0.1, -0.05) is 0 Å². The summed E-state index contributed by atoms with van der Waals surface area (Å²) in [5.74, 6) is -1.17. The highest BCUT2D eigenvalue weighted by Gasteiger charge is 2.43. The largest absolute Gasteiger partial charge is 0.480 e. The van der Waals surface area contributed by atoms with Crippen LogP contribution < -0.4 is 5.32 Å². The molecule has 0 radical (unpaired) electrons. The summed E-state index contributed by atoms with van der Waals surface area (Å²) in [7, 11) is 0. The molecule has 1 aliphatic heterocycles. The number of hydrogen-bond acceptors (Lipinski definition) is 7. The molecule has 0 unspecified atom stereocenters. The van der Waals surface area contributed by atoms with Gasteiger partial charge < -0.3 is 30.6 Å². The molecule has 7 N–H and O–H groups in total. The molecular weight excluding hydrogens is 234 g/mol. The van der Waals surface area contributed by atoms with Gasteiger partial charge in [0.05, 0.1) is 18.8 Å². The highest BCUT2D eigenvalue weighted by molar-refractivity contribution is 5.74. The smallest absolute Gasteiger partial charge is 0.320 e. The van der Waals surface area contributed by atoms with E-state index in [1.54, 1.807) is 0 Å². The molecule has 1 rings (SSSR count). The average molecular weight is 251 g/mol. The summed E-state index contributed by atoms with van der Waals surface area (Å²) in [5, 5.41) is 57.5. The first-order valence-electron chi connectivity index (χ1n) is 5.20. The molecule has 8 nitrogen and oxygen atoms in total. The number of carbonyl (C=O) groups is 1. The van der Waals surface area contributed by atoms with E-state index >= 15 is 0 Å². The molecule has 0 saturated carbocycles. The number of carboxylic acids is 1. The summed E-state index contributed by atoms with van der Waals surface area (Å²) >= 11 is 0. The van der Waals surface area contributed by atoms with Crippen LogP contribution >= 0.6 is 0 Å². The number of aliphatic hydroxyl groups excluding tert-OH is 5. The Labute approximate surface area is 97.1 Å². The molecule has 0 aliphatic carbocycles. The third kappa shape index (κ3) is 3.12. The van der Waals surface area contributed by atoms with Gasteiger partial charge >= 0.3 is 5.97 Å². The molecule has 6 atom stereocenters. The zero-order chi connectivity index (χ0) is 13.2. The van der Waals surface area contributed by atoms with Crippen molar-refractivity contribution in [3.8, 4) is 0 Å². The SMILES string of the molecule is O=C(O)[C@H]1C[C@H](O)[C@H]([C@@H](O)[C@H](O)[C@H](O)CO)N1. The fraction of sp³-hybridized carbons (Fsp3) is 0.889. The number of nitrogens with one attached hydrogen (secondary N) is 1. The van der Waals surface area contributed by atoms with Crippen LogP contribution in [0.2, 0.25) is 0 Å². The number of aliphatic hydroxyl groups is 5. The minimum atomic E-state index is -1.67. The minimum absolute atomic E-state index is 0.0982. The molecule has 1 saturated heterocycles. The van der Waals surface area contributed by atoms with Gasteiger partial charge in [-0.3, -0.25) is 10.1 Å². The van der Waals surface area contributed by atoms with Crippen molar-refractivity contribution in [2.45, 2.75) is 42.9 Å². The molecule has 1 heterocycles. The standard InChI is InChI=1S/C9H17NO7/c11-2-5(13)7(14)8(15)6-4(12)1-3(10-6)9(16)17/h3-8,10-15H,1-2H2,(H,16,17)/t3-,4+,5-,6-,7-,8-/m1/s1. The first kappa shape index (κ1) is 14.3. The summed E-state index contributed by atoms with van der Waals surface area (Å²) in [6.45, 7) is -0.747. The van der Waals surface area contributed by atoms with Crippen LogP contribution in [0.3, 0.4) is 0 Å². The number of rotatable bonds is 5. The van der Waals surface area contributed by atoms with E-state index < -0.39 is 49.1 Å². The maximum absolute atomic E-state index is 10.7. The van der Waals surface area contributed by atoms with Crippen LogP contribution in [0.25, 0.3) is 0 Å². The molecule has 0 amide bonds. The van der Waals surface area contributed by atoms with Crippen LogP contribution in [0.4, 0.5) is 0 Å². The Hall–Kier alpha value is -0.770. The Balaban J connectivity index is 2.64. The maximum atomic E-state index is 10.7. The highest BCUT2D eigenvalue weighted by Crippen LogP contribution is 2.19. The Kier molecular flexibility index (Phi) is 4.80. The van der Waals surface area contributed by atoms with E-state index in [4.69, 9.17) is 15.3 Å². The number of hydrogen-bond donors (Lipinski definition) is 7. The summed E-state index contributed by atoms with van der Waals surface area (Å²) in [5.41, 5.74) is 0. The lowest BCUT2D eigenvalue weighted by atomic mass is 9.98. The minimum Gasteiger partial charge on any atom is -0.480 e. The molecule has 100 valence electrons. The molecule has 0 aromatic carbocycles. The monoisotopic (exact) mass is 251 g/mol. The van der Waals surface area contributed by atoms with Crippen molar-refractivity contribution in [2.75, 3.05) is 6.61 Å². The predicted octanol–water partition coefficient (Wildman–Crippen LogP) is -3.76. The van der Waals surface area contributed by atoms with Gasteiger partial charge in [-0.25, -0.2) is 0 Å². The molecule has 0 aromatic heterocycles. The third-order valence-electron chi connectivity index (χ3n) is 2.88. The van der Waals surface area contributed by atoms with Crippen LogP contribution in [0, 0.1) is 0 Å². The van der Waals surface area contributed by atoms with Gasteiger partial charge in [-0.15, -0.1) is 0 Å². The Bertz CT molecular complexity index is 274. The summed E-state index contributed by atoms with van der Waals surface area (Å²) < 4.78 is 0. The number of aliphatic carboxylic acids is 1. The van der Waals surface area contributed by atoms with E-state index in [0.29, 0.717) is 0 Å². The normalized spacial score (nSPS) is 34.3. The zero-order valence-electron chi connectivity index (χ0n) is 8.97. The van der Waals surface area contributed by atoms with Crippen molar-refractivity contribution < 1.29 is 35.4 Å². The van der Waals surface area contributed by atoms with Crippen molar-refractivity contribution in [1.29, 1.82) is 0 Å². The lowest BCUT2D eigenvalue weighted by Crippen LogP contribution is -2.53. The summed E-state index contributed by atoms with van der Waals surface area (Å²) in [6, 6.07) is -2.07. The maximum Gasteiger partial charge on any atom is 0.320 e. The average Bonchev–Trinajstić information content (AvgIpc) is 2.68. The number of carboxylic acid groups (broad SMARTS) is 1. The van der Waals surface area contributed by atoms with Crippen LogP contribution in [0.1, 0.15) is 6.42 Å². The fourth-order valence-electron chi connectivity index (χ4n) is 1.85. The first-order chi connectivity index (χ1) is 7.88. The van der Waals surface area contributed by atoms with Gasteiger partial charge in [0.1, 0.15) is 24.4 Å². The molecule has 1 aliphatic rings. The summed E-state index contributed by atoms with van der Waals surface area (Å²) in [4.78, 5) is 10.7. The molecule has 17 heavy (non-hydrogen) atoms.